The molecule has 0 saturated carbocycles. The number of hydrogen-bond acceptors (Lipinski definition) is 4. The van der Waals surface area contributed by atoms with E-state index in [-0.39, 0.29) is 17.3 Å². The molecule has 0 N–H and O–H groups in total. The third kappa shape index (κ3) is 2.66. The van der Waals surface area contributed by atoms with Gasteiger partial charge in [-0.25, -0.2) is 0 Å². The van der Waals surface area contributed by atoms with Gasteiger partial charge >= 0.3 is 0 Å². The number of carbonyl (C=O) groups excluding carboxylic acids is 1. The molecule has 3 rings (SSSR count). The molecule has 0 aliphatic carbocycles. The second-order valence-electron chi connectivity index (χ2n) is 8.23. The van der Waals surface area contributed by atoms with E-state index < -0.39 is 5.60 Å². The third-order valence-electron chi connectivity index (χ3n) is 5.94. The lowest BCUT2D eigenvalue weighted by Crippen LogP contribution is -2.44. The Labute approximate surface area is 128 Å². The third-order valence-corrected chi connectivity index (χ3v) is 5.94. The maximum absolute atomic E-state index is 12.7. The molecule has 0 radical (unpaired) electrons. The van der Waals surface area contributed by atoms with Crippen LogP contribution in [0.3, 0.4) is 0 Å². The maximum Gasteiger partial charge on any atom is 0.171 e. The van der Waals surface area contributed by atoms with Gasteiger partial charge in [0.15, 0.2) is 5.78 Å². The average Bonchev–Trinajstić information content (AvgIpc) is 2.67. The monoisotopic (exact) mass is 294 g/mol. The molecule has 3 unspecified atom stereocenters. The zero-order chi connectivity index (χ0) is 15.4. The van der Waals surface area contributed by atoms with Gasteiger partial charge in [0, 0.05) is 25.2 Å². The summed E-state index contributed by atoms with van der Waals surface area (Å²) in [5.41, 5.74) is -0.979. The highest BCUT2D eigenvalue weighted by atomic mass is 16.5. The molecule has 0 amide bonds. The van der Waals surface area contributed by atoms with E-state index in [0.717, 1.165) is 25.7 Å². The Bertz CT molecular complexity index is 433. The van der Waals surface area contributed by atoms with E-state index in [1.165, 1.54) is 19.3 Å². The van der Waals surface area contributed by atoms with Gasteiger partial charge < -0.3 is 9.64 Å². The molecule has 3 heterocycles. The Morgan fingerprint density at radius 3 is 2.43 bits per heavy atom. The lowest BCUT2D eigenvalue weighted by atomic mass is 9.85. The Kier molecular flexibility index (Phi) is 3.70. The lowest BCUT2D eigenvalue weighted by molar-refractivity contribution is -0.132. The van der Waals surface area contributed by atoms with Gasteiger partial charge in [0.1, 0.15) is 5.60 Å². The van der Waals surface area contributed by atoms with Crippen LogP contribution >= 0.6 is 0 Å². The van der Waals surface area contributed by atoms with Crippen molar-refractivity contribution < 1.29 is 9.53 Å². The van der Waals surface area contributed by atoms with Crippen molar-refractivity contribution in [3.05, 3.63) is 0 Å². The molecule has 3 aliphatic rings. The highest BCUT2D eigenvalue weighted by Gasteiger charge is 2.53. The molecule has 2 bridgehead atoms. The molecular formula is C17H30N2O2. The number of rotatable bonds is 2. The molecule has 21 heavy (non-hydrogen) atoms. The van der Waals surface area contributed by atoms with Gasteiger partial charge in [-0.1, -0.05) is 0 Å². The molecule has 0 aromatic heterocycles. The average molecular weight is 294 g/mol. The molecule has 0 aromatic rings. The van der Waals surface area contributed by atoms with Crippen molar-refractivity contribution in [2.45, 2.75) is 70.2 Å². The number of ether oxygens (including phenoxy) is 1. The van der Waals surface area contributed by atoms with E-state index >= 15 is 0 Å². The van der Waals surface area contributed by atoms with Gasteiger partial charge in [-0.05, 0) is 60.5 Å². The van der Waals surface area contributed by atoms with Crippen molar-refractivity contribution in [2.75, 3.05) is 26.7 Å². The second kappa shape index (κ2) is 5.04. The summed E-state index contributed by atoms with van der Waals surface area (Å²) >= 11 is 0. The molecule has 3 atom stereocenters. The van der Waals surface area contributed by atoms with Gasteiger partial charge in [0.25, 0.3) is 0 Å². The summed E-state index contributed by atoms with van der Waals surface area (Å²) in [5.74, 6) is 0.268. The summed E-state index contributed by atoms with van der Waals surface area (Å²) in [4.78, 5) is 17.7. The molecule has 0 spiro atoms. The topological polar surface area (TPSA) is 32.8 Å². The van der Waals surface area contributed by atoms with Crippen molar-refractivity contribution in [2.24, 2.45) is 5.92 Å². The predicted octanol–water partition coefficient (Wildman–Crippen LogP) is 1.93. The Hall–Kier alpha value is -0.450. The summed E-state index contributed by atoms with van der Waals surface area (Å²) in [6.07, 6.45) is 3.89. The Morgan fingerprint density at radius 2 is 1.81 bits per heavy atom. The zero-order valence-electron chi connectivity index (χ0n) is 14.2. The van der Waals surface area contributed by atoms with Gasteiger partial charge in [0.05, 0.1) is 11.5 Å². The number of ketones is 1. The van der Waals surface area contributed by atoms with Gasteiger partial charge in [0.2, 0.25) is 0 Å². The molecule has 120 valence electrons. The minimum absolute atomic E-state index is 0.00515. The highest BCUT2D eigenvalue weighted by molar-refractivity contribution is 5.91. The van der Waals surface area contributed by atoms with Crippen LogP contribution in [0.5, 0.6) is 0 Å². The summed E-state index contributed by atoms with van der Waals surface area (Å²) in [5, 5.41) is 0. The molecule has 0 aromatic carbocycles. The van der Waals surface area contributed by atoms with Crippen LogP contribution in [0.4, 0.5) is 0 Å². The first-order valence-electron chi connectivity index (χ1n) is 8.39. The molecule has 3 aliphatic heterocycles. The fraction of sp³-hybridized carbons (Fsp3) is 0.941. The fourth-order valence-corrected chi connectivity index (χ4v) is 4.62. The first-order valence-corrected chi connectivity index (χ1v) is 8.39. The number of nitrogens with zero attached hydrogens (tertiary/aromatic N) is 2. The largest absolute Gasteiger partial charge is 0.361 e. The van der Waals surface area contributed by atoms with E-state index in [2.05, 4.69) is 30.7 Å². The molecule has 3 saturated heterocycles. The molecule has 4 heteroatoms. The normalized spacial score (nSPS) is 39.7. The van der Waals surface area contributed by atoms with Crippen LogP contribution < -0.4 is 0 Å². The summed E-state index contributed by atoms with van der Waals surface area (Å²) in [7, 11) is 2.27. The van der Waals surface area contributed by atoms with E-state index in [0.29, 0.717) is 6.04 Å². The van der Waals surface area contributed by atoms with Crippen LogP contribution in [0, 0.1) is 5.92 Å². The van der Waals surface area contributed by atoms with Gasteiger partial charge in [-0.15, -0.1) is 0 Å². The van der Waals surface area contributed by atoms with Crippen LogP contribution in [-0.4, -0.2) is 65.6 Å². The number of fused-ring (bicyclic) bond motifs is 2. The summed E-state index contributed by atoms with van der Waals surface area (Å²) in [6.45, 7) is 11.0. The number of likely N-dealkylation sites (N-methyl/N-ethyl adjacent to an activating group) is 1. The molecular weight excluding hydrogens is 264 g/mol. The van der Waals surface area contributed by atoms with Crippen LogP contribution in [0.1, 0.15) is 47.0 Å². The van der Waals surface area contributed by atoms with Crippen LogP contribution in [0.15, 0.2) is 0 Å². The van der Waals surface area contributed by atoms with E-state index in [4.69, 9.17) is 4.74 Å². The second-order valence-corrected chi connectivity index (χ2v) is 8.23. The van der Waals surface area contributed by atoms with Crippen molar-refractivity contribution in [3.8, 4) is 0 Å². The van der Waals surface area contributed by atoms with Gasteiger partial charge in [-0.2, -0.15) is 0 Å². The minimum atomic E-state index is -0.629. The number of hydrogen-bond donors (Lipinski definition) is 0. The maximum atomic E-state index is 12.7. The Balaban J connectivity index is 1.70. The minimum Gasteiger partial charge on any atom is -0.361 e. The van der Waals surface area contributed by atoms with Crippen LogP contribution in [0.2, 0.25) is 0 Å². The summed E-state index contributed by atoms with van der Waals surface area (Å²) < 4.78 is 6.03. The van der Waals surface area contributed by atoms with E-state index in [1.54, 1.807) is 0 Å². The van der Waals surface area contributed by atoms with Crippen molar-refractivity contribution in [1.29, 1.82) is 0 Å². The first kappa shape index (κ1) is 15.4. The van der Waals surface area contributed by atoms with Crippen LogP contribution in [-0.2, 0) is 9.53 Å². The van der Waals surface area contributed by atoms with Crippen molar-refractivity contribution in [3.63, 3.8) is 0 Å². The fourth-order valence-electron chi connectivity index (χ4n) is 4.62. The van der Waals surface area contributed by atoms with E-state index in [1.807, 2.05) is 13.8 Å². The summed E-state index contributed by atoms with van der Waals surface area (Å²) in [6, 6.07) is 1.42. The smallest absolute Gasteiger partial charge is 0.171 e. The van der Waals surface area contributed by atoms with E-state index in [9.17, 15) is 4.79 Å². The quantitative estimate of drug-likeness (QED) is 0.779. The number of likely N-dealkylation sites (tertiary alicyclic amines) is 1. The molecule has 3 fully saturated rings. The molecule has 4 nitrogen and oxygen atoms in total. The SMILES string of the molecule is CN1C2CCC1CN(CC1C(=O)C(C)(C)OC1(C)C)CC2. The van der Waals surface area contributed by atoms with Crippen molar-refractivity contribution in [1.82, 2.24) is 9.80 Å². The lowest BCUT2D eigenvalue weighted by Gasteiger charge is -2.32. The standard InChI is InChI=1S/C17H30N2O2/c1-16(2)14(15(20)17(3,4)21-16)11-19-9-8-12-6-7-13(10-19)18(12)5/h12-14H,6-11H2,1-5H3. The Morgan fingerprint density at radius 1 is 1.14 bits per heavy atom. The first-order chi connectivity index (χ1) is 9.71. The predicted molar refractivity (Wildman–Crippen MR) is 83.4 cm³/mol. The zero-order valence-corrected chi connectivity index (χ0v) is 14.2. The number of carbonyl (C=O) groups is 1. The highest BCUT2D eigenvalue weighted by Crippen LogP contribution is 2.40. The van der Waals surface area contributed by atoms with Gasteiger partial charge in [-0.3, -0.25) is 9.69 Å². The number of Topliss-reactive ketones (excluding diaryl/α,β-unsaturated/α-hetero) is 1. The van der Waals surface area contributed by atoms with Crippen molar-refractivity contribution >= 4 is 5.78 Å². The van der Waals surface area contributed by atoms with Crippen LogP contribution in [0.25, 0.3) is 0 Å².